The van der Waals surface area contributed by atoms with Crippen molar-refractivity contribution in [2.45, 2.75) is 12.6 Å². The first-order valence-corrected chi connectivity index (χ1v) is 5.53. The van der Waals surface area contributed by atoms with E-state index >= 15 is 0 Å². The predicted octanol–water partition coefficient (Wildman–Crippen LogP) is 2.01. The summed E-state index contributed by atoms with van der Waals surface area (Å²) >= 11 is 0. The number of carbonyl (C=O) groups is 2. The van der Waals surface area contributed by atoms with Gasteiger partial charge in [-0.05, 0) is 30.2 Å². The molecule has 0 aliphatic rings. The van der Waals surface area contributed by atoms with Crippen molar-refractivity contribution >= 4 is 11.9 Å². The van der Waals surface area contributed by atoms with Gasteiger partial charge in [-0.25, -0.2) is 0 Å². The van der Waals surface area contributed by atoms with Gasteiger partial charge in [0.05, 0.1) is 19.8 Å². The van der Waals surface area contributed by atoms with E-state index in [-0.39, 0.29) is 12.0 Å². The average Bonchev–Trinajstić information content (AvgIpc) is 2.42. The van der Waals surface area contributed by atoms with Crippen LogP contribution in [0.2, 0.25) is 0 Å². The number of rotatable bonds is 4. The Labute approximate surface area is 113 Å². The molecule has 0 N–H and O–H groups in total. The molecule has 0 bridgehead atoms. The molecule has 20 heavy (non-hydrogen) atoms. The highest BCUT2D eigenvalue weighted by Gasteiger charge is 2.32. The topological polar surface area (TPSA) is 52.6 Å². The zero-order chi connectivity index (χ0) is 15.3. The first-order valence-electron chi connectivity index (χ1n) is 5.53. The molecule has 1 radical (unpaired) electrons. The molecule has 1 rings (SSSR count). The third kappa shape index (κ3) is 3.97. The molecule has 0 spiro atoms. The van der Waals surface area contributed by atoms with Gasteiger partial charge in [-0.2, -0.15) is 13.2 Å². The number of hydrogen-bond donors (Lipinski definition) is 0. The van der Waals surface area contributed by atoms with E-state index in [1.165, 1.54) is 0 Å². The molecule has 0 saturated heterocycles. The van der Waals surface area contributed by atoms with Gasteiger partial charge in [-0.3, -0.25) is 9.59 Å². The second-order valence-corrected chi connectivity index (χ2v) is 3.90. The Bertz CT molecular complexity index is 481. The summed E-state index contributed by atoms with van der Waals surface area (Å²) in [5, 5.41) is 0. The van der Waals surface area contributed by atoms with E-state index in [1.807, 2.05) is 0 Å². The minimum atomic E-state index is -4.50. The van der Waals surface area contributed by atoms with Crippen molar-refractivity contribution in [2.75, 3.05) is 14.2 Å². The van der Waals surface area contributed by atoms with Gasteiger partial charge in [-0.15, -0.1) is 0 Å². The quantitative estimate of drug-likeness (QED) is 0.628. The summed E-state index contributed by atoms with van der Waals surface area (Å²) in [6.07, 6.45) is -4.78. The van der Waals surface area contributed by atoms with Crippen LogP contribution < -0.4 is 0 Å². The highest BCUT2D eigenvalue weighted by atomic mass is 19.4. The van der Waals surface area contributed by atoms with Crippen molar-refractivity contribution in [1.29, 1.82) is 0 Å². The normalized spacial score (nSPS) is 11.3. The Hall–Kier alpha value is -2.05. The van der Waals surface area contributed by atoms with Crippen LogP contribution >= 0.6 is 0 Å². The summed E-state index contributed by atoms with van der Waals surface area (Å²) in [6.45, 7) is 0. The number of benzene rings is 1. The second-order valence-electron chi connectivity index (χ2n) is 3.90. The fraction of sp³-hybridized carbons (Fsp3) is 0.385. The molecule has 0 aliphatic heterocycles. The molecule has 0 atom stereocenters. The molecule has 1 aromatic carbocycles. The molecular weight excluding hydrogens is 277 g/mol. The fourth-order valence-corrected chi connectivity index (χ4v) is 1.58. The van der Waals surface area contributed by atoms with Crippen molar-refractivity contribution in [1.82, 2.24) is 0 Å². The summed E-state index contributed by atoms with van der Waals surface area (Å²) in [7, 11) is 2.16. The molecular formula is C13H12F3O4. The fourth-order valence-electron chi connectivity index (χ4n) is 1.58. The van der Waals surface area contributed by atoms with Gasteiger partial charge in [0, 0.05) is 0 Å². The van der Waals surface area contributed by atoms with Crippen LogP contribution in [0.5, 0.6) is 0 Å². The number of methoxy groups -OCH3 is 2. The smallest absolute Gasteiger partial charge is 0.416 e. The van der Waals surface area contributed by atoms with Crippen molar-refractivity contribution in [3.63, 3.8) is 0 Å². The van der Waals surface area contributed by atoms with Gasteiger partial charge >= 0.3 is 18.1 Å². The Kier molecular flexibility index (Phi) is 5.12. The minimum absolute atomic E-state index is 0.0700. The van der Waals surface area contributed by atoms with E-state index in [0.29, 0.717) is 0 Å². The van der Waals surface area contributed by atoms with Crippen molar-refractivity contribution in [2.24, 2.45) is 5.92 Å². The van der Waals surface area contributed by atoms with Gasteiger partial charge in [0.1, 0.15) is 0 Å². The number of ether oxygens (including phenoxy) is 2. The number of carbonyl (C=O) groups excluding carboxylic acids is 2. The Morgan fingerprint density at radius 2 is 1.80 bits per heavy atom. The van der Waals surface area contributed by atoms with Crippen molar-refractivity contribution < 1.29 is 32.2 Å². The molecule has 0 saturated carbocycles. The second kappa shape index (κ2) is 6.40. The van der Waals surface area contributed by atoms with E-state index in [2.05, 4.69) is 15.5 Å². The van der Waals surface area contributed by atoms with E-state index in [4.69, 9.17) is 0 Å². The lowest BCUT2D eigenvalue weighted by Gasteiger charge is -2.13. The number of esters is 2. The van der Waals surface area contributed by atoms with Crippen LogP contribution in [0.15, 0.2) is 18.2 Å². The highest BCUT2D eigenvalue weighted by Crippen LogP contribution is 2.30. The molecule has 0 fully saturated rings. The van der Waals surface area contributed by atoms with Gasteiger partial charge < -0.3 is 9.47 Å². The lowest BCUT2D eigenvalue weighted by Crippen LogP contribution is -2.28. The summed E-state index contributed by atoms with van der Waals surface area (Å²) in [6, 6.07) is 5.33. The minimum Gasteiger partial charge on any atom is -0.468 e. The monoisotopic (exact) mass is 289 g/mol. The SMILES string of the molecule is COC(=O)C(Cc1[c]ccc(C(F)(F)F)c1)C(=O)OC. The maximum Gasteiger partial charge on any atom is 0.416 e. The largest absolute Gasteiger partial charge is 0.468 e. The van der Waals surface area contributed by atoms with Crippen LogP contribution in [0, 0.1) is 12.0 Å². The summed E-state index contributed by atoms with van der Waals surface area (Å²) in [4.78, 5) is 22.9. The first kappa shape index (κ1) is 16.0. The van der Waals surface area contributed by atoms with Crippen LogP contribution in [0.25, 0.3) is 0 Å². The van der Waals surface area contributed by atoms with Crippen molar-refractivity contribution in [3.8, 4) is 0 Å². The van der Waals surface area contributed by atoms with Crippen LogP contribution in [-0.2, 0) is 31.7 Å². The maximum atomic E-state index is 12.6. The maximum absolute atomic E-state index is 12.6. The Morgan fingerprint density at radius 3 is 2.25 bits per heavy atom. The van der Waals surface area contributed by atoms with E-state index in [1.54, 1.807) is 0 Å². The number of hydrogen-bond acceptors (Lipinski definition) is 4. The molecule has 0 aliphatic carbocycles. The molecule has 0 heterocycles. The zero-order valence-corrected chi connectivity index (χ0v) is 10.8. The molecule has 1 aromatic rings. The van der Waals surface area contributed by atoms with E-state index < -0.39 is 29.6 Å². The lowest BCUT2D eigenvalue weighted by atomic mass is 9.98. The third-order valence-electron chi connectivity index (χ3n) is 2.58. The van der Waals surface area contributed by atoms with Crippen LogP contribution in [-0.4, -0.2) is 26.2 Å². The van der Waals surface area contributed by atoms with Crippen molar-refractivity contribution in [3.05, 3.63) is 35.4 Å². The standard InChI is InChI=1S/C13H12F3O4/c1-19-11(17)10(12(18)20-2)7-8-4-3-5-9(6-8)13(14,15)16/h3,5-6,10H,7H2,1-2H3. The summed E-state index contributed by atoms with van der Waals surface area (Å²) in [5.74, 6) is -3.06. The van der Waals surface area contributed by atoms with Gasteiger partial charge in [0.15, 0.2) is 5.92 Å². The van der Waals surface area contributed by atoms with Gasteiger partial charge in [-0.1, -0.05) is 6.07 Å². The first-order chi connectivity index (χ1) is 9.29. The Balaban J connectivity index is 3.00. The highest BCUT2D eigenvalue weighted by molar-refractivity contribution is 5.95. The predicted molar refractivity (Wildman–Crippen MR) is 61.5 cm³/mol. The number of alkyl halides is 3. The zero-order valence-electron chi connectivity index (χ0n) is 10.8. The average molecular weight is 289 g/mol. The summed E-state index contributed by atoms with van der Waals surface area (Å²) in [5.41, 5.74) is -0.805. The Morgan fingerprint density at radius 1 is 1.25 bits per heavy atom. The van der Waals surface area contributed by atoms with Crippen LogP contribution in [0.3, 0.4) is 0 Å². The summed E-state index contributed by atoms with van der Waals surface area (Å²) < 4.78 is 46.5. The van der Waals surface area contributed by atoms with E-state index in [9.17, 15) is 22.8 Å². The molecule has 7 heteroatoms. The molecule has 109 valence electrons. The number of halogens is 3. The van der Waals surface area contributed by atoms with Crippen LogP contribution in [0.1, 0.15) is 11.1 Å². The van der Waals surface area contributed by atoms with E-state index in [0.717, 1.165) is 32.4 Å². The molecule has 0 amide bonds. The van der Waals surface area contributed by atoms with Crippen LogP contribution in [0.4, 0.5) is 13.2 Å². The molecule has 0 unspecified atom stereocenters. The third-order valence-corrected chi connectivity index (χ3v) is 2.58. The molecule has 0 aromatic heterocycles. The van der Waals surface area contributed by atoms with Gasteiger partial charge in [0.2, 0.25) is 0 Å². The molecule has 4 nitrogen and oxygen atoms in total. The lowest BCUT2D eigenvalue weighted by molar-refractivity contribution is -0.158. The van der Waals surface area contributed by atoms with Gasteiger partial charge in [0.25, 0.3) is 0 Å².